The normalized spacial score (nSPS) is 20.4. The van der Waals surface area contributed by atoms with E-state index in [9.17, 15) is 9.59 Å². The van der Waals surface area contributed by atoms with E-state index in [4.69, 9.17) is 0 Å². The first-order chi connectivity index (χ1) is 15.7. The molecular formula is C27H35N3O2. The zero-order valence-electron chi connectivity index (χ0n) is 19.0. The van der Waals surface area contributed by atoms with Gasteiger partial charge in [-0.25, -0.2) is 0 Å². The van der Waals surface area contributed by atoms with Crippen molar-refractivity contribution in [1.29, 1.82) is 0 Å². The number of amides is 2. The number of carbonyl (C=O) groups is 2. The van der Waals surface area contributed by atoms with Crippen LogP contribution in [-0.4, -0.2) is 53.3 Å². The maximum absolute atomic E-state index is 13.1. The Morgan fingerprint density at radius 3 is 2.25 bits per heavy atom. The molecule has 170 valence electrons. The van der Waals surface area contributed by atoms with Crippen LogP contribution in [0.3, 0.4) is 0 Å². The number of hydrogen-bond acceptors (Lipinski definition) is 3. The molecule has 1 aliphatic heterocycles. The molecule has 0 radical (unpaired) electrons. The molecule has 32 heavy (non-hydrogen) atoms. The van der Waals surface area contributed by atoms with Crippen LogP contribution in [0.2, 0.25) is 0 Å². The van der Waals surface area contributed by atoms with Gasteiger partial charge in [0.15, 0.2) is 0 Å². The van der Waals surface area contributed by atoms with Crippen molar-refractivity contribution in [1.82, 2.24) is 15.1 Å². The predicted octanol–water partition coefficient (Wildman–Crippen LogP) is 4.24. The Labute approximate surface area is 191 Å². The van der Waals surface area contributed by atoms with Crippen molar-refractivity contribution in [2.45, 2.75) is 57.0 Å². The molecule has 2 aromatic rings. The Bertz CT molecular complexity index is 878. The van der Waals surface area contributed by atoms with Gasteiger partial charge in [-0.1, -0.05) is 67.8 Å². The molecule has 4 rings (SSSR count). The number of nitrogens with one attached hydrogen (secondary N) is 1. The molecule has 0 aromatic heterocycles. The van der Waals surface area contributed by atoms with Crippen LogP contribution >= 0.6 is 0 Å². The molecule has 1 saturated heterocycles. The molecule has 1 saturated carbocycles. The number of hydrogen-bond donors (Lipinski definition) is 1. The Balaban J connectivity index is 1.55. The number of benzene rings is 2. The summed E-state index contributed by atoms with van der Waals surface area (Å²) in [6.07, 6.45) is 7.20. The van der Waals surface area contributed by atoms with E-state index in [1.165, 1.54) is 24.8 Å². The molecule has 2 aromatic carbocycles. The second-order valence-corrected chi connectivity index (χ2v) is 9.23. The summed E-state index contributed by atoms with van der Waals surface area (Å²) in [4.78, 5) is 30.5. The van der Waals surface area contributed by atoms with Gasteiger partial charge in [0.1, 0.15) is 0 Å². The van der Waals surface area contributed by atoms with Crippen LogP contribution in [0.25, 0.3) is 0 Å². The van der Waals surface area contributed by atoms with Crippen LogP contribution < -0.4 is 5.32 Å². The van der Waals surface area contributed by atoms with Gasteiger partial charge < -0.3 is 10.2 Å². The third-order valence-corrected chi connectivity index (χ3v) is 7.03. The largest absolute Gasteiger partial charge is 0.354 e. The van der Waals surface area contributed by atoms with Crippen LogP contribution in [0.1, 0.15) is 60.9 Å². The predicted molar refractivity (Wildman–Crippen MR) is 127 cm³/mol. The minimum atomic E-state index is -0.0865. The van der Waals surface area contributed by atoms with Crippen LogP contribution in [0.4, 0.5) is 0 Å². The zero-order chi connectivity index (χ0) is 22.2. The van der Waals surface area contributed by atoms with Crippen molar-refractivity contribution in [2.75, 3.05) is 26.2 Å². The van der Waals surface area contributed by atoms with Gasteiger partial charge in [-0.15, -0.1) is 0 Å². The summed E-state index contributed by atoms with van der Waals surface area (Å²) >= 11 is 0. The van der Waals surface area contributed by atoms with E-state index in [-0.39, 0.29) is 17.4 Å². The van der Waals surface area contributed by atoms with Gasteiger partial charge in [-0.3, -0.25) is 14.5 Å². The topological polar surface area (TPSA) is 52.7 Å². The summed E-state index contributed by atoms with van der Waals surface area (Å²) in [6, 6.07) is 20.0. The average Bonchev–Trinajstić information content (AvgIpc) is 2.85. The van der Waals surface area contributed by atoms with Gasteiger partial charge in [0.05, 0.1) is 0 Å². The quantitative estimate of drug-likeness (QED) is 0.788. The third-order valence-electron chi connectivity index (χ3n) is 7.03. The van der Waals surface area contributed by atoms with Crippen molar-refractivity contribution in [3.8, 4) is 0 Å². The summed E-state index contributed by atoms with van der Waals surface area (Å²) < 4.78 is 0. The number of carbonyl (C=O) groups excluding carboxylic acids is 2. The Kier molecular flexibility index (Phi) is 7.59. The SMILES string of the molecule is O=C1CC2(CCCCC2)N(Cc2ccccc2)CCCN(C(=O)c2ccccc2)CCN1. The zero-order valence-corrected chi connectivity index (χ0v) is 19.0. The van der Waals surface area contributed by atoms with E-state index >= 15 is 0 Å². The monoisotopic (exact) mass is 433 g/mol. The fourth-order valence-corrected chi connectivity index (χ4v) is 5.32. The summed E-state index contributed by atoms with van der Waals surface area (Å²) in [5.74, 6) is 0.153. The first kappa shape index (κ1) is 22.5. The van der Waals surface area contributed by atoms with E-state index in [0.29, 0.717) is 31.6 Å². The van der Waals surface area contributed by atoms with Crippen molar-refractivity contribution in [3.05, 3.63) is 71.8 Å². The molecule has 0 unspecified atom stereocenters. The lowest BCUT2D eigenvalue weighted by atomic mass is 9.77. The van der Waals surface area contributed by atoms with Crippen molar-refractivity contribution < 1.29 is 9.59 Å². The minimum Gasteiger partial charge on any atom is -0.354 e. The van der Waals surface area contributed by atoms with E-state index in [0.717, 1.165) is 32.4 Å². The third kappa shape index (κ3) is 5.57. The lowest BCUT2D eigenvalue weighted by Gasteiger charge is -2.46. The van der Waals surface area contributed by atoms with E-state index in [1.807, 2.05) is 41.3 Å². The summed E-state index contributed by atoms with van der Waals surface area (Å²) in [5.41, 5.74) is 1.90. The minimum absolute atomic E-state index is 0.0427. The highest BCUT2D eigenvalue weighted by atomic mass is 16.2. The van der Waals surface area contributed by atoms with Crippen LogP contribution in [0.5, 0.6) is 0 Å². The van der Waals surface area contributed by atoms with Crippen LogP contribution in [0, 0.1) is 0 Å². The maximum atomic E-state index is 13.1. The molecule has 0 bridgehead atoms. The highest BCUT2D eigenvalue weighted by Gasteiger charge is 2.39. The highest BCUT2D eigenvalue weighted by Crippen LogP contribution is 2.38. The molecule has 0 atom stereocenters. The molecular weight excluding hydrogens is 398 g/mol. The van der Waals surface area contributed by atoms with Crippen LogP contribution in [0.15, 0.2) is 60.7 Å². The molecule has 2 fully saturated rings. The Hall–Kier alpha value is -2.66. The van der Waals surface area contributed by atoms with Gasteiger partial charge in [0.2, 0.25) is 5.91 Å². The second-order valence-electron chi connectivity index (χ2n) is 9.23. The number of rotatable bonds is 3. The fourth-order valence-electron chi connectivity index (χ4n) is 5.32. The standard InChI is InChI=1S/C27H35N3O2/c31-25-21-27(15-8-3-9-16-27)30(22-23-11-4-1-5-12-23)19-10-18-29(20-17-28-25)26(32)24-13-6-2-7-14-24/h1-2,4-7,11-14H,3,8-10,15-22H2,(H,28,31). The first-order valence-corrected chi connectivity index (χ1v) is 12.1. The van der Waals surface area contributed by atoms with E-state index < -0.39 is 0 Å². The fraction of sp³-hybridized carbons (Fsp3) is 0.481. The van der Waals surface area contributed by atoms with Crippen molar-refractivity contribution in [3.63, 3.8) is 0 Å². The van der Waals surface area contributed by atoms with Crippen molar-refractivity contribution >= 4 is 11.8 Å². The first-order valence-electron chi connectivity index (χ1n) is 12.1. The van der Waals surface area contributed by atoms with Gasteiger partial charge in [0.25, 0.3) is 5.91 Å². The molecule has 2 aliphatic rings. The summed E-state index contributed by atoms with van der Waals surface area (Å²) in [5, 5.41) is 3.11. The molecule has 1 heterocycles. The summed E-state index contributed by atoms with van der Waals surface area (Å²) in [6.45, 7) is 3.49. The van der Waals surface area contributed by atoms with Crippen LogP contribution in [-0.2, 0) is 11.3 Å². The Morgan fingerprint density at radius 1 is 0.844 bits per heavy atom. The summed E-state index contributed by atoms with van der Waals surface area (Å²) in [7, 11) is 0. The lowest BCUT2D eigenvalue weighted by molar-refractivity contribution is -0.125. The van der Waals surface area contributed by atoms with E-state index in [2.05, 4.69) is 34.5 Å². The maximum Gasteiger partial charge on any atom is 0.253 e. The highest BCUT2D eigenvalue weighted by molar-refractivity contribution is 5.94. The second kappa shape index (κ2) is 10.8. The molecule has 1 spiro atoms. The van der Waals surface area contributed by atoms with Gasteiger partial charge >= 0.3 is 0 Å². The molecule has 5 nitrogen and oxygen atoms in total. The molecule has 1 N–H and O–H groups in total. The van der Waals surface area contributed by atoms with Gasteiger partial charge in [-0.05, 0) is 37.0 Å². The van der Waals surface area contributed by atoms with Gasteiger partial charge in [0, 0.05) is 50.2 Å². The Morgan fingerprint density at radius 2 is 1.53 bits per heavy atom. The molecule has 5 heteroatoms. The van der Waals surface area contributed by atoms with Gasteiger partial charge in [-0.2, -0.15) is 0 Å². The molecule has 2 amide bonds. The van der Waals surface area contributed by atoms with Crippen molar-refractivity contribution in [2.24, 2.45) is 0 Å². The van der Waals surface area contributed by atoms with E-state index in [1.54, 1.807) is 0 Å². The smallest absolute Gasteiger partial charge is 0.253 e. The average molecular weight is 434 g/mol. The molecule has 1 aliphatic carbocycles. The number of nitrogens with zero attached hydrogens (tertiary/aromatic N) is 2. The lowest BCUT2D eigenvalue weighted by Crippen LogP contribution is -2.52.